The molecule has 0 aromatic carbocycles. The molecule has 0 saturated heterocycles. The predicted octanol–water partition coefficient (Wildman–Crippen LogP) is 1.95. The second-order valence-electron chi connectivity index (χ2n) is 2.63. The van der Waals surface area contributed by atoms with Crippen molar-refractivity contribution in [3.8, 4) is 0 Å². The first-order valence-electron chi connectivity index (χ1n) is 4.63. The number of aliphatic hydroxyl groups excluding tert-OH is 1. The van der Waals surface area contributed by atoms with E-state index in [9.17, 15) is 0 Å². The fourth-order valence-electron chi connectivity index (χ4n) is 0.794. The highest BCUT2D eigenvalue weighted by Gasteiger charge is 1.91. The normalized spacial score (nSPS) is 9.58. The summed E-state index contributed by atoms with van der Waals surface area (Å²) in [6.07, 6.45) is 3.58. The molecular weight excluding hydrogens is 154 g/mol. The molecule has 0 aliphatic rings. The third kappa shape index (κ3) is 6.16. The van der Waals surface area contributed by atoms with Crippen molar-refractivity contribution in [3.05, 3.63) is 0 Å². The Hall–Kier alpha value is -0.570. The number of nitrogens with zero attached hydrogens (tertiary/aromatic N) is 1. The first-order chi connectivity index (χ1) is 5.85. The van der Waals surface area contributed by atoms with E-state index < -0.39 is 0 Å². The van der Waals surface area contributed by atoms with Crippen LogP contribution in [0, 0.1) is 0 Å². The maximum Gasteiger partial charge on any atom is 0.117 e. The highest BCUT2D eigenvalue weighted by atomic mass is 16.6. The van der Waals surface area contributed by atoms with Crippen LogP contribution in [0.5, 0.6) is 0 Å². The fourth-order valence-corrected chi connectivity index (χ4v) is 0.794. The van der Waals surface area contributed by atoms with Gasteiger partial charge in [-0.3, -0.25) is 0 Å². The Morgan fingerprint density at radius 1 is 1.25 bits per heavy atom. The highest BCUT2D eigenvalue weighted by Crippen LogP contribution is 1.94. The molecule has 0 rings (SSSR count). The number of aliphatic hydroxyl groups is 1. The summed E-state index contributed by atoms with van der Waals surface area (Å²) in [5, 5.41) is 12.4. The van der Waals surface area contributed by atoms with Crippen LogP contribution in [-0.2, 0) is 4.84 Å². The van der Waals surface area contributed by atoms with Crippen molar-refractivity contribution in [3.63, 3.8) is 0 Å². The molecule has 0 bridgehead atoms. The van der Waals surface area contributed by atoms with E-state index in [1.54, 1.807) is 0 Å². The highest BCUT2D eigenvalue weighted by molar-refractivity contribution is 5.83. The van der Waals surface area contributed by atoms with Gasteiger partial charge in [-0.25, -0.2) is 0 Å². The maximum atomic E-state index is 8.48. The monoisotopic (exact) mass is 173 g/mol. The van der Waals surface area contributed by atoms with Gasteiger partial charge in [0.2, 0.25) is 0 Å². The van der Waals surface area contributed by atoms with Gasteiger partial charge in [-0.15, -0.1) is 0 Å². The maximum absolute atomic E-state index is 8.48. The van der Waals surface area contributed by atoms with Crippen LogP contribution >= 0.6 is 0 Å². The van der Waals surface area contributed by atoms with E-state index in [0.29, 0.717) is 6.61 Å². The van der Waals surface area contributed by atoms with E-state index in [2.05, 4.69) is 19.0 Å². The molecule has 0 spiro atoms. The Morgan fingerprint density at radius 2 is 1.92 bits per heavy atom. The van der Waals surface area contributed by atoms with Gasteiger partial charge in [0.05, 0.1) is 5.71 Å². The number of rotatable bonds is 7. The zero-order chi connectivity index (χ0) is 9.23. The number of unbranched alkanes of at least 4 members (excludes halogenated alkanes) is 1. The van der Waals surface area contributed by atoms with Crippen LogP contribution in [0.4, 0.5) is 0 Å². The van der Waals surface area contributed by atoms with Gasteiger partial charge < -0.3 is 9.94 Å². The standard InChI is InChI=1S/C9H19NO2/c1-3-9(4-2)10-12-8-6-5-7-11/h11H,3-8H2,1-2H3. The molecule has 0 radical (unpaired) electrons. The van der Waals surface area contributed by atoms with Gasteiger partial charge in [0, 0.05) is 6.61 Å². The second kappa shape index (κ2) is 8.53. The molecule has 0 heterocycles. The van der Waals surface area contributed by atoms with Gasteiger partial charge in [0.1, 0.15) is 6.61 Å². The van der Waals surface area contributed by atoms with Crippen LogP contribution in [-0.4, -0.2) is 24.0 Å². The zero-order valence-corrected chi connectivity index (χ0v) is 8.05. The lowest BCUT2D eigenvalue weighted by Gasteiger charge is -2.00. The van der Waals surface area contributed by atoms with Crippen LogP contribution in [0.15, 0.2) is 5.16 Å². The number of hydrogen-bond donors (Lipinski definition) is 1. The summed E-state index contributed by atoms with van der Waals surface area (Å²) in [5.41, 5.74) is 1.10. The average Bonchev–Trinajstić information content (AvgIpc) is 2.11. The molecule has 72 valence electrons. The minimum atomic E-state index is 0.238. The first-order valence-corrected chi connectivity index (χ1v) is 4.63. The van der Waals surface area contributed by atoms with Crippen molar-refractivity contribution < 1.29 is 9.94 Å². The van der Waals surface area contributed by atoms with Gasteiger partial charge in [-0.1, -0.05) is 19.0 Å². The Bertz CT molecular complexity index is 118. The van der Waals surface area contributed by atoms with Crippen LogP contribution in [0.1, 0.15) is 39.5 Å². The van der Waals surface area contributed by atoms with E-state index in [0.717, 1.165) is 31.4 Å². The molecule has 3 nitrogen and oxygen atoms in total. The lowest BCUT2D eigenvalue weighted by atomic mass is 10.2. The zero-order valence-electron chi connectivity index (χ0n) is 8.05. The molecule has 0 fully saturated rings. The van der Waals surface area contributed by atoms with Gasteiger partial charge in [-0.05, 0) is 25.7 Å². The molecule has 0 aromatic heterocycles. The van der Waals surface area contributed by atoms with E-state index in [1.807, 2.05) is 0 Å². The third-order valence-corrected chi connectivity index (χ3v) is 1.65. The summed E-state index contributed by atoms with van der Waals surface area (Å²) in [5.74, 6) is 0. The summed E-state index contributed by atoms with van der Waals surface area (Å²) in [4.78, 5) is 5.06. The lowest BCUT2D eigenvalue weighted by molar-refractivity contribution is 0.133. The molecule has 12 heavy (non-hydrogen) atoms. The number of hydrogen-bond acceptors (Lipinski definition) is 3. The van der Waals surface area contributed by atoms with Crippen molar-refractivity contribution in [1.82, 2.24) is 0 Å². The summed E-state index contributed by atoms with van der Waals surface area (Å²) in [6.45, 7) is 4.99. The van der Waals surface area contributed by atoms with Crippen molar-refractivity contribution in [2.24, 2.45) is 5.16 Å². The first kappa shape index (κ1) is 11.4. The van der Waals surface area contributed by atoms with Crippen LogP contribution in [0.3, 0.4) is 0 Å². The molecule has 1 N–H and O–H groups in total. The van der Waals surface area contributed by atoms with Gasteiger partial charge in [-0.2, -0.15) is 0 Å². The molecule has 0 atom stereocenters. The molecule has 0 aromatic rings. The quantitative estimate of drug-likeness (QED) is 0.363. The van der Waals surface area contributed by atoms with Crippen molar-refractivity contribution in [1.29, 1.82) is 0 Å². The summed E-state index contributed by atoms with van der Waals surface area (Å²) in [6, 6.07) is 0. The van der Waals surface area contributed by atoms with E-state index in [-0.39, 0.29) is 6.61 Å². The third-order valence-electron chi connectivity index (χ3n) is 1.65. The van der Waals surface area contributed by atoms with E-state index >= 15 is 0 Å². The molecule has 0 saturated carbocycles. The van der Waals surface area contributed by atoms with E-state index in [1.165, 1.54) is 0 Å². The number of oxime groups is 1. The summed E-state index contributed by atoms with van der Waals surface area (Å²) >= 11 is 0. The van der Waals surface area contributed by atoms with Crippen LogP contribution < -0.4 is 0 Å². The largest absolute Gasteiger partial charge is 0.396 e. The van der Waals surface area contributed by atoms with Gasteiger partial charge >= 0.3 is 0 Å². The minimum absolute atomic E-state index is 0.238. The molecular formula is C9H19NO2. The van der Waals surface area contributed by atoms with E-state index in [4.69, 9.17) is 9.94 Å². The van der Waals surface area contributed by atoms with Crippen LogP contribution in [0.2, 0.25) is 0 Å². The molecule has 3 heteroatoms. The Kier molecular flexibility index (Phi) is 8.12. The molecule has 0 unspecified atom stereocenters. The Balaban J connectivity index is 3.31. The molecule has 0 aliphatic heterocycles. The van der Waals surface area contributed by atoms with Crippen molar-refractivity contribution in [2.75, 3.05) is 13.2 Å². The van der Waals surface area contributed by atoms with Crippen LogP contribution in [0.25, 0.3) is 0 Å². The van der Waals surface area contributed by atoms with Crippen molar-refractivity contribution >= 4 is 5.71 Å². The molecule has 0 amide bonds. The summed E-state index contributed by atoms with van der Waals surface area (Å²) < 4.78 is 0. The smallest absolute Gasteiger partial charge is 0.117 e. The summed E-state index contributed by atoms with van der Waals surface area (Å²) in [7, 11) is 0. The van der Waals surface area contributed by atoms with Gasteiger partial charge in [0.25, 0.3) is 0 Å². The SMILES string of the molecule is CCC(CC)=NOCCCCO. The fraction of sp³-hybridized carbons (Fsp3) is 0.889. The minimum Gasteiger partial charge on any atom is -0.396 e. The lowest BCUT2D eigenvalue weighted by Crippen LogP contribution is -1.97. The Labute approximate surface area is 74.4 Å². The van der Waals surface area contributed by atoms with Gasteiger partial charge in [0.15, 0.2) is 0 Å². The van der Waals surface area contributed by atoms with Crippen molar-refractivity contribution in [2.45, 2.75) is 39.5 Å². The second-order valence-corrected chi connectivity index (χ2v) is 2.63. The predicted molar refractivity (Wildman–Crippen MR) is 50.3 cm³/mol. The Morgan fingerprint density at radius 3 is 2.42 bits per heavy atom. The molecule has 0 aliphatic carbocycles. The average molecular weight is 173 g/mol. The topological polar surface area (TPSA) is 41.8 Å².